The number of thiazole rings is 1. The highest BCUT2D eigenvalue weighted by Crippen LogP contribution is 2.28. The normalized spacial score (nSPS) is 12.1. The van der Waals surface area contributed by atoms with E-state index in [2.05, 4.69) is 25.8 Å². The van der Waals surface area contributed by atoms with Crippen LogP contribution in [0.4, 0.5) is 4.79 Å². The maximum atomic E-state index is 12.1. The summed E-state index contributed by atoms with van der Waals surface area (Å²) in [5, 5.41) is 8.88. The van der Waals surface area contributed by atoms with Gasteiger partial charge < -0.3 is 14.6 Å². The van der Waals surface area contributed by atoms with Crippen LogP contribution in [0.15, 0.2) is 38.5 Å². The van der Waals surface area contributed by atoms with E-state index in [-0.39, 0.29) is 0 Å². The van der Waals surface area contributed by atoms with Gasteiger partial charge in [0.15, 0.2) is 5.82 Å². The Morgan fingerprint density at radius 2 is 1.87 bits per heavy atom. The molecule has 0 saturated carbocycles. The molecule has 0 fully saturated rings. The topological polar surface area (TPSA) is 90.1 Å². The molecule has 160 valence electrons. The van der Waals surface area contributed by atoms with E-state index in [4.69, 9.17) is 9.26 Å². The Bertz CT molecular complexity index is 1000. The van der Waals surface area contributed by atoms with Gasteiger partial charge in [-0.25, -0.2) is 9.78 Å². The zero-order valence-electron chi connectivity index (χ0n) is 18.0. The number of nitrogens with one attached hydrogen (secondary N) is 1. The van der Waals surface area contributed by atoms with E-state index in [1.165, 1.54) is 5.56 Å². The highest BCUT2D eigenvalue weighted by Gasteiger charge is 2.31. The molecule has 2 aromatic heterocycles. The lowest BCUT2D eigenvalue weighted by atomic mass is 10.1. The maximum absolute atomic E-state index is 12.1. The first-order valence-corrected chi connectivity index (χ1v) is 11.4. The molecule has 0 radical (unpaired) electrons. The zero-order chi connectivity index (χ0) is 21.9. The molecule has 2 heterocycles. The second kappa shape index (κ2) is 8.77. The minimum atomic E-state index is -0.841. The van der Waals surface area contributed by atoms with E-state index in [1.54, 1.807) is 36.9 Å². The molecule has 1 aromatic carbocycles. The number of ether oxygens (including phenoxy) is 1. The third-order valence-electron chi connectivity index (χ3n) is 3.96. The van der Waals surface area contributed by atoms with Crippen LogP contribution in [0.1, 0.15) is 51.7 Å². The third kappa shape index (κ3) is 6.06. The Balaban J connectivity index is 1.64. The number of alkyl carbamates (subject to hydrolysis) is 1. The number of aryl methyl sites for hydroxylation is 1. The molecule has 9 heteroatoms. The van der Waals surface area contributed by atoms with Crippen molar-refractivity contribution in [2.75, 3.05) is 0 Å². The molecule has 0 aliphatic rings. The van der Waals surface area contributed by atoms with Crippen LogP contribution in [0.2, 0.25) is 0 Å². The lowest BCUT2D eigenvalue weighted by molar-refractivity contribution is 0.0465. The molecule has 1 N–H and O–H groups in total. The summed E-state index contributed by atoms with van der Waals surface area (Å²) in [6.45, 7) is 11.0. The fourth-order valence-electron chi connectivity index (χ4n) is 2.50. The van der Waals surface area contributed by atoms with Gasteiger partial charge in [-0.05, 0) is 59.2 Å². The molecule has 30 heavy (non-hydrogen) atoms. The fraction of sp³-hybridized carbons (Fsp3) is 0.429. The van der Waals surface area contributed by atoms with Gasteiger partial charge in [-0.3, -0.25) is 0 Å². The van der Waals surface area contributed by atoms with E-state index in [1.807, 2.05) is 52.0 Å². The highest BCUT2D eigenvalue weighted by molar-refractivity contribution is 8.00. The third-order valence-corrected chi connectivity index (χ3v) is 6.17. The van der Waals surface area contributed by atoms with Crippen LogP contribution in [-0.4, -0.2) is 26.8 Å². The molecular formula is C21H26N4O3S2. The van der Waals surface area contributed by atoms with Crippen molar-refractivity contribution in [2.45, 2.75) is 62.8 Å². The van der Waals surface area contributed by atoms with E-state index < -0.39 is 17.2 Å². The Morgan fingerprint density at radius 3 is 2.47 bits per heavy atom. The van der Waals surface area contributed by atoms with Crippen molar-refractivity contribution in [1.29, 1.82) is 0 Å². The van der Waals surface area contributed by atoms with Crippen molar-refractivity contribution in [1.82, 2.24) is 20.4 Å². The number of amides is 1. The van der Waals surface area contributed by atoms with Crippen molar-refractivity contribution < 1.29 is 14.1 Å². The van der Waals surface area contributed by atoms with Crippen LogP contribution in [0.3, 0.4) is 0 Å². The monoisotopic (exact) mass is 446 g/mol. The number of rotatable bonds is 6. The summed E-state index contributed by atoms with van der Waals surface area (Å²) in [5.41, 5.74) is 1.63. The average Bonchev–Trinajstić information content (AvgIpc) is 3.28. The fourth-order valence-corrected chi connectivity index (χ4v) is 4.30. The van der Waals surface area contributed by atoms with Crippen LogP contribution in [0, 0.1) is 6.92 Å². The average molecular weight is 447 g/mol. The smallest absolute Gasteiger partial charge is 0.408 e. The van der Waals surface area contributed by atoms with Crippen LogP contribution in [0.5, 0.6) is 0 Å². The van der Waals surface area contributed by atoms with Crippen LogP contribution in [-0.2, 0) is 16.0 Å². The quantitative estimate of drug-likeness (QED) is 0.496. The van der Waals surface area contributed by atoms with Gasteiger partial charge in [-0.1, -0.05) is 29.1 Å². The van der Waals surface area contributed by atoms with Crippen molar-refractivity contribution in [3.63, 3.8) is 0 Å². The van der Waals surface area contributed by atoms with Crippen LogP contribution >= 0.6 is 23.1 Å². The highest BCUT2D eigenvalue weighted by atomic mass is 32.2. The molecule has 0 aliphatic heterocycles. The van der Waals surface area contributed by atoms with E-state index in [9.17, 15) is 4.79 Å². The van der Waals surface area contributed by atoms with Gasteiger partial charge >= 0.3 is 6.09 Å². The Morgan fingerprint density at radius 1 is 1.17 bits per heavy atom. The molecule has 7 nitrogen and oxygen atoms in total. The summed E-state index contributed by atoms with van der Waals surface area (Å²) in [6.07, 6.45) is -0.531. The molecule has 1 amide bonds. The molecule has 3 rings (SSSR count). The van der Waals surface area contributed by atoms with Crippen molar-refractivity contribution in [2.24, 2.45) is 0 Å². The van der Waals surface area contributed by atoms with Gasteiger partial charge in [-0.2, -0.15) is 4.98 Å². The van der Waals surface area contributed by atoms with Gasteiger partial charge in [0.1, 0.15) is 15.5 Å². The summed E-state index contributed by atoms with van der Waals surface area (Å²) < 4.78 is 11.8. The first-order valence-electron chi connectivity index (χ1n) is 9.51. The number of aromatic nitrogens is 3. The van der Waals surface area contributed by atoms with Crippen molar-refractivity contribution in [3.05, 3.63) is 46.7 Å². The Labute approximate surface area is 184 Å². The van der Waals surface area contributed by atoms with Gasteiger partial charge in [0, 0.05) is 22.4 Å². The van der Waals surface area contributed by atoms with Gasteiger partial charge in [0.2, 0.25) is 0 Å². The first-order chi connectivity index (χ1) is 14.0. The second-order valence-electron chi connectivity index (χ2n) is 8.42. The van der Waals surface area contributed by atoms with Gasteiger partial charge in [0.05, 0.1) is 0 Å². The van der Waals surface area contributed by atoms with E-state index in [0.29, 0.717) is 11.7 Å². The largest absolute Gasteiger partial charge is 0.444 e. The number of benzene rings is 1. The molecule has 0 saturated heterocycles. The molecular weight excluding hydrogens is 420 g/mol. The second-order valence-corrected chi connectivity index (χ2v) is 10.5. The first kappa shape index (κ1) is 22.3. The summed E-state index contributed by atoms with van der Waals surface area (Å²) in [5.74, 6) is 1.62. The number of thioether (sulfide) groups is 1. The van der Waals surface area contributed by atoms with Crippen molar-refractivity contribution in [3.8, 4) is 11.5 Å². The lowest BCUT2D eigenvalue weighted by Gasteiger charge is -2.26. The van der Waals surface area contributed by atoms with Gasteiger partial charge in [0.25, 0.3) is 5.89 Å². The predicted molar refractivity (Wildman–Crippen MR) is 119 cm³/mol. The summed E-state index contributed by atoms with van der Waals surface area (Å²) >= 11 is 3.38. The Kier molecular flexibility index (Phi) is 6.52. The summed E-state index contributed by atoms with van der Waals surface area (Å²) in [4.78, 5) is 21.0. The number of nitrogens with zero attached hydrogens (tertiary/aromatic N) is 3. The van der Waals surface area contributed by atoms with Crippen molar-refractivity contribution >= 4 is 29.2 Å². The standard InChI is InChI=1S/C21H26N4O3S2/c1-13-11-29-19(22-13)30-12-14-7-9-15(10-8-14)16-23-17(25-28-16)21(5,6)24-18(26)27-20(2,3)4/h7-11H,12H2,1-6H3,(H,24,26). The predicted octanol–water partition coefficient (Wildman–Crippen LogP) is 5.55. The van der Waals surface area contributed by atoms with E-state index >= 15 is 0 Å². The molecule has 0 spiro atoms. The maximum Gasteiger partial charge on any atom is 0.408 e. The van der Waals surface area contributed by atoms with Gasteiger partial charge in [-0.15, -0.1) is 11.3 Å². The van der Waals surface area contributed by atoms with Crippen LogP contribution < -0.4 is 5.32 Å². The number of carbonyl (C=O) groups is 1. The van der Waals surface area contributed by atoms with E-state index in [0.717, 1.165) is 21.3 Å². The SMILES string of the molecule is Cc1csc(SCc2ccc(-c3nc(C(C)(C)NC(=O)OC(C)(C)C)no3)cc2)n1. The molecule has 0 atom stereocenters. The molecule has 0 bridgehead atoms. The zero-order valence-corrected chi connectivity index (χ0v) is 19.6. The Hall–Kier alpha value is -2.39. The molecule has 0 aliphatic carbocycles. The minimum absolute atomic E-state index is 0.377. The minimum Gasteiger partial charge on any atom is -0.444 e. The number of hydrogen-bond donors (Lipinski definition) is 1. The molecule has 3 aromatic rings. The summed E-state index contributed by atoms with van der Waals surface area (Å²) in [6, 6.07) is 7.98. The molecule has 0 unspecified atom stereocenters. The number of carbonyl (C=O) groups excluding carboxylic acids is 1. The summed E-state index contributed by atoms with van der Waals surface area (Å²) in [7, 11) is 0. The number of hydrogen-bond acceptors (Lipinski definition) is 8. The van der Waals surface area contributed by atoms with Crippen LogP contribution in [0.25, 0.3) is 11.5 Å². The lowest BCUT2D eigenvalue weighted by Crippen LogP contribution is -2.44.